The van der Waals surface area contributed by atoms with E-state index in [0.717, 1.165) is 0 Å². The number of benzene rings is 1. The third kappa shape index (κ3) is 3.71. The second-order valence-electron chi connectivity index (χ2n) is 6.75. The van der Waals surface area contributed by atoms with Gasteiger partial charge in [0, 0.05) is 10.6 Å². The van der Waals surface area contributed by atoms with Gasteiger partial charge in [-0.05, 0) is 39.0 Å². The topological polar surface area (TPSA) is 81.8 Å². The number of amides is 1. The number of nitrogens with zero attached hydrogens (tertiary/aromatic N) is 4. The molecular formula is C17H18ClN5O2. The minimum Gasteiger partial charge on any atom is -0.350 e. The zero-order chi connectivity index (χ0) is 18.2. The number of carbonyl (C=O) groups excluding carboxylic acids is 1. The van der Waals surface area contributed by atoms with Crippen LogP contribution in [0.1, 0.15) is 20.8 Å². The molecule has 1 amide bonds. The van der Waals surface area contributed by atoms with Gasteiger partial charge in [-0.2, -0.15) is 5.10 Å². The summed E-state index contributed by atoms with van der Waals surface area (Å²) < 4.78 is 2.82. The van der Waals surface area contributed by atoms with Gasteiger partial charge in [-0.15, -0.1) is 0 Å². The molecule has 0 radical (unpaired) electrons. The highest BCUT2D eigenvalue weighted by atomic mass is 35.5. The van der Waals surface area contributed by atoms with Crippen LogP contribution in [-0.4, -0.2) is 30.8 Å². The lowest BCUT2D eigenvalue weighted by atomic mass is 10.1. The van der Waals surface area contributed by atoms with E-state index < -0.39 is 0 Å². The second kappa shape index (κ2) is 6.33. The number of fused-ring (bicyclic) bond motifs is 1. The number of rotatable bonds is 3. The van der Waals surface area contributed by atoms with E-state index in [9.17, 15) is 9.59 Å². The molecule has 0 saturated heterocycles. The lowest BCUT2D eigenvalue weighted by Gasteiger charge is -2.20. The maximum Gasteiger partial charge on any atom is 0.264 e. The lowest BCUT2D eigenvalue weighted by molar-refractivity contribution is -0.123. The Bertz CT molecular complexity index is 1000. The van der Waals surface area contributed by atoms with E-state index in [0.29, 0.717) is 21.7 Å². The van der Waals surface area contributed by atoms with Crippen molar-refractivity contribution in [2.75, 3.05) is 0 Å². The summed E-state index contributed by atoms with van der Waals surface area (Å²) in [6, 6.07) is 7.11. The van der Waals surface area contributed by atoms with Crippen molar-refractivity contribution >= 4 is 28.5 Å². The summed E-state index contributed by atoms with van der Waals surface area (Å²) in [6.45, 7) is 5.54. The van der Waals surface area contributed by atoms with Gasteiger partial charge in [0.1, 0.15) is 18.3 Å². The molecule has 0 bridgehead atoms. The summed E-state index contributed by atoms with van der Waals surface area (Å²) in [5.74, 6) is -0.252. The molecule has 1 aromatic carbocycles. The standard InChI is InChI=1S/C17H18ClN5O2/c1-17(2,3)21-14(24)9-22-10-19-15-13(16(22)25)8-20-23(15)12-6-4-5-11(18)7-12/h4-8,10H,9H2,1-3H3,(H,21,24). The number of aromatic nitrogens is 4. The molecule has 1 N–H and O–H groups in total. The first-order chi connectivity index (χ1) is 11.7. The molecule has 0 atom stereocenters. The average Bonchev–Trinajstić information content (AvgIpc) is 2.93. The van der Waals surface area contributed by atoms with Crippen molar-refractivity contribution in [2.24, 2.45) is 0 Å². The van der Waals surface area contributed by atoms with Crippen LogP contribution in [0, 0.1) is 0 Å². The Morgan fingerprint density at radius 3 is 2.76 bits per heavy atom. The van der Waals surface area contributed by atoms with Crippen LogP contribution < -0.4 is 10.9 Å². The van der Waals surface area contributed by atoms with Gasteiger partial charge in [0.2, 0.25) is 5.91 Å². The Balaban J connectivity index is 1.97. The van der Waals surface area contributed by atoms with Crippen LogP contribution in [-0.2, 0) is 11.3 Å². The summed E-state index contributed by atoms with van der Waals surface area (Å²) in [6.07, 6.45) is 2.80. The Kier molecular flexibility index (Phi) is 4.34. The molecule has 2 aromatic heterocycles. The molecule has 0 aliphatic carbocycles. The minimum atomic E-state index is -0.365. The number of carbonyl (C=O) groups is 1. The van der Waals surface area contributed by atoms with Crippen LogP contribution in [0.2, 0.25) is 5.02 Å². The van der Waals surface area contributed by atoms with E-state index in [2.05, 4.69) is 15.4 Å². The van der Waals surface area contributed by atoms with Crippen LogP contribution in [0.15, 0.2) is 41.6 Å². The molecule has 0 unspecified atom stereocenters. The molecule has 7 nitrogen and oxygen atoms in total. The summed E-state index contributed by atoms with van der Waals surface area (Å²) in [5.41, 5.74) is 0.440. The van der Waals surface area contributed by atoms with Gasteiger partial charge in [-0.3, -0.25) is 14.2 Å². The fourth-order valence-electron chi connectivity index (χ4n) is 2.47. The van der Waals surface area contributed by atoms with E-state index in [1.165, 1.54) is 17.1 Å². The summed E-state index contributed by atoms with van der Waals surface area (Å²) in [5, 5.41) is 7.95. The van der Waals surface area contributed by atoms with Crippen LogP contribution in [0.5, 0.6) is 0 Å². The third-order valence-electron chi connectivity index (χ3n) is 3.44. The molecule has 0 fully saturated rings. The van der Waals surface area contributed by atoms with Crippen LogP contribution in [0.25, 0.3) is 16.7 Å². The molecule has 2 heterocycles. The van der Waals surface area contributed by atoms with Crippen molar-refractivity contribution in [3.8, 4) is 5.69 Å². The van der Waals surface area contributed by atoms with Crippen LogP contribution in [0.4, 0.5) is 0 Å². The minimum absolute atomic E-state index is 0.0958. The van der Waals surface area contributed by atoms with Gasteiger partial charge in [0.05, 0.1) is 11.9 Å². The molecule has 0 aliphatic rings. The fraction of sp³-hybridized carbons (Fsp3) is 0.294. The normalized spacial score (nSPS) is 11.7. The maximum atomic E-state index is 12.6. The number of hydrogen-bond acceptors (Lipinski definition) is 4. The van der Waals surface area contributed by atoms with Crippen molar-refractivity contribution in [2.45, 2.75) is 32.9 Å². The Morgan fingerprint density at radius 1 is 1.32 bits per heavy atom. The monoisotopic (exact) mass is 359 g/mol. The summed E-state index contributed by atoms with van der Waals surface area (Å²) in [7, 11) is 0. The highest BCUT2D eigenvalue weighted by Gasteiger charge is 2.16. The highest BCUT2D eigenvalue weighted by Crippen LogP contribution is 2.17. The molecule has 0 saturated carbocycles. The van der Waals surface area contributed by atoms with Gasteiger partial charge in [0.15, 0.2) is 5.65 Å². The number of halogens is 1. The Morgan fingerprint density at radius 2 is 2.08 bits per heavy atom. The molecule has 0 spiro atoms. The first-order valence-corrected chi connectivity index (χ1v) is 8.12. The number of hydrogen-bond donors (Lipinski definition) is 1. The van der Waals surface area contributed by atoms with Gasteiger partial charge in [0.25, 0.3) is 5.56 Å². The maximum absolute atomic E-state index is 12.6. The Labute approximate surface area is 149 Å². The molecule has 25 heavy (non-hydrogen) atoms. The van der Waals surface area contributed by atoms with Crippen LogP contribution in [0.3, 0.4) is 0 Å². The van der Waals surface area contributed by atoms with E-state index >= 15 is 0 Å². The molecular weight excluding hydrogens is 342 g/mol. The Hall–Kier alpha value is -2.67. The van der Waals surface area contributed by atoms with E-state index in [1.807, 2.05) is 26.8 Å². The molecule has 130 valence electrons. The SMILES string of the molecule is CC(C)(C)NC(=O)Cn1cnc2c(cnn2-c2cccc(Cl)c2)c1=O. The third-order valence-corrected chi connectivity index (χ3v) is 3.67. The van der Waals surface area contributed by atoms with Gasteiger partial charge in [-0.25, -0.2) is 9.67 Å². The summed E-state index contributed by atoms with van der Waals surface area (Å²) in [4.78, 5) is 28.9. The molecule has 0 aliphatic heterocycles. The quantitative estimate of drug-likeness (QED) is 0.776. The van der Waals surface area contributed by atoms with E-state index in [1.54, 1.807) is 22.9 Å². The average molecular weight is 360 g/mol. The largest absolute Gasteiger partial charge is 0.350 e. The van der Waals surface area contributed by atoms with E-state index in [4.69, 9.17) is 11.6 Å². The van der Waals surface area contributed by atoms with Crippen molar-refractivity contribution in [1.82, 2.24) is 24.6 Å². The van der Waals surface area contributed by atoms with Crippen molar-refractivity contribution < 1.29 is 4.79 Å². The second-order valence-corrected chi connectivity index (χ2v) is 7.19. The first-order valence-electron chi connectivity index (χ1n) is 7.75. The molecule has 3 aromatic rings. The predicted molar refractivity (Wildman–Crippen MR) is 96.0 cm³/mol. The summed E-state index contributed by atoms with van der Waals surface area (Å²) >= 11 is 6.01. The predicted octanol–water partition coefficient (Wildman–Crippen LogP) is 2.15. The van der Waals surface area contributed by atoms with Gasteiger partial charge in [-0.1, -0.05) is 17.7 Å². The van der Waals surface area contributed by atoms with Crippen molar-refractivity contribution in [3.63, 3.8) is 0 Å². The first kappa shape index (κ1) is 17.2. The smallest absolute Gasteiger partial charge is 0.264 e. The van der Waals surface area contributed by atoms with E-state index in [-0.39, 0.29) is 23.6 Å². The molecule has 8 heteroatoms. The zero-order valence-corrected chi connectivity index (χ0v) is 14.9. The van der Waals surface area contributed by atoms with Crippen molar-refractivity contribution in [3.05, 3.63) is 52.2 Å². The van der Waals surface area contributed by atoms with Gasteiger partial charge >= 0.3 is 0 Å². The fourth-order valence-corrected chi connectivity index (χ4v) is 2.66. The van der Waals surface area contributed by atoms with Gasteiger partial charge < -0.3 is 5.32 Å². The lowest BCUT2D eigenvalue weighted by Crippen LogP contribution is -2.43. The number of nitrogens with one attached hydrogen (secondary N) is 1. The zero-order valence-electron chi connectivity index (χ0n) is 14.2. The van der Waals surface area contributed by atoms with Crippen molar-refractivity contribution in [1.29, 1.82) is 0 Å². The molecule has 3 rings (SSSR count). The van der Waals surface area contributed by atoms with Crippen LogP contribution >= 0.6 is 11.6 Å². The highest BCUT2D eigenvalue weighted by molar-refractivity contribution is 6.30.